The van der Waals surface area contributed by atoms with Crippen LogP contribution in [0.15, 0.2) is 48.7 Å². The maximum Gasteiger partial charge on any atom is 0.249 e. The Labute approximate surface area is 337 Å². The van der Waals surface area contributed by atoms with Gasteiger partial charge in [0.1, 0.15) is 17.6 Å². The van der Waals surface area contributed by atoms with Crippen molar-refractivity contribution in [2.24, 2.45) is 5.92 Å². The third-order valence-electron chi connectivity index (χ3n) is 12.7. The molecule has 3 aliphatic heterocycles. The van der Waals surface area contributed by atoms with Crippen LogP contribution in [-0.4, -0.2) is 95.4 Å². The first-order valence-electron chi connectivity index (χ1n) is 21.1. The highest BCUT2D eigenvalue weighted by Crippen LogP contribution is 2.32. The molecule has 8 rings (SSSR count). The lowest BCUT2D eigenvalue weighted by Gasteiger charge is -2.42. The Hall–Kier alpha value is -5.18. The van der Waals surface area contributed by atoms with Crippen LogP contribution in [0.3, 0.4) is 0 Å². The van der Waals surface area contributed by atoms with Gasteiger partial charge in [-0.15, -0.1) is 0 Å². The number of piperidine rings is 2. The molecule has 2 aliphatic carbocycles. The predicted octanol–water partition coefficient (Wildman–Crippen LogP) is 5.38. The Bertz CT molecular complexity index is 1990. The van der Waals surface area contributed by atoms with Crippen LogP contribution in [0.2, 0.25) is 0 Å². The molecule has 2 saturated carbocycles. The molecule has 5 aliphatic rings. The van der Waals surface area contributed by atoms with Crippen LogP contribution in [-0.2, 0) is 19.2 Å². The first-order chi connectivity index (χ1) is 28.2. The topological polar surface area (TPSA) is 152 Å². The lowest BCUT2D eigenvalue weighted by Crippen LogP contribution is -2.52. The fraction of sp³-hybridized carbons (Fsp3) is 0.535. The number of benzene rings is 2. The van der Waals surface area contributed by atoms with Crippen molar-refractivity contribution in [1.29, 1.82) is 0 Å². The molecule has 3 aromatic rings. The molecule has 13 nitrogen and oxygen atoms in total. The van der Waals surface area contributed by atoms with E-state index in [4.69, 9.17) is 0 Å². The number of amides is 4. The quantitative estimate of drug-likeness (QED) is 0.197. The number of carbonyl (C=O) groups is 4. The van der Waals surface area contributed by atoms with E-state index in [1.54, 1.807) is 23.1 Å². The van der Waals surface area contributed by atoms with Gasteiger partial charge in [0, 0.05) is 86.5 Å². The summed E-state index contributed by atoms with van der Waals surface area (Å²) in [7, 11) is 0. The van der Waals surface area contributed by atoms with Gasteiger partial charge in [-0.05, 0) is 101 Å². The van der Waals surface area contributed by atoms with Crippen molar-refractivity contribution >= 4 is 46.6 Å². The fourth-order valence-electron chi connectivity index (χ4n) is 9.34. The third-order valence-corrected chi connectivity index (χ3v) is 12.7. The van der Waals surface area contributed by atoms with E-state index in [2.05, 4.69) is 41.0 Å². The van der Waals surface area contributed by atoms with Crippen LogP contribution in [0, 0.1) is 17.6 Å². The van der Waals surface area contributed by atoms with Crippen LogP contribution in [0.25, 0.3) is 11.3 Å². The Balaban J connectivity index is 0.754. The molecule has 4 N–H and O–H groups in total. The molecule has 1 atom stereocenters. The first-order valence-corrected chi connectivity index (χ1v) is 21.1. The van der Waals surface area contributed by atoms with Gasteiger partial charge in [-0.25, -0.2) is 18.7 Å². The Kier molecular flexibility index (Phi) is 12.1. The molecule has 4 heterocycles. The number of anilines is 4. The minimum Gasteiger partial charge on any atom is -0.374 e. The fourth-order valence-corrected chi connectivity index (χ4v) is 9.34. The summed E-state index contributed by atoms with van der Waals surface area (Å²) in [5.41, 5.74) is 2.60. The number of rotatable bonds is 10. The van der Waals surface area contributed by atoms with Gasteiger partial charge in [0.15, 0.2) is 5.82 Å². The van der Waals surface area contributed by atoms with Gasteiger partial charge >= 0.3 is 0 Å². The zero-order valence-corrected chi connectivity index (χ0v) is 32.9. The molecule has 5 fully saturated rings. The lowest BCUT2D eigenvalue weighted by atomic mass is 9.83. The molecule has 15 heteroatoms. The molecule has 58 heavy (non-hydrogen) atoms. The second kappa shape index (κ2) is 17.8. The number of halogens is 2. The highest BCUT2D eigenvalue weighted by Gasteiger charge is 2.33. The van der Waals surface area contributed by atoms with Gasteiger partial charge in [-0.3, -0.25) is 29.4 Å². The molecule has 308 valence electrons. The first kappa shape index (κ1) is 39.6. The van der Waals surface area contributed by atoms with Crippen LogP contribution < -0.4 is 31.1 Å². The molecule has 1 aromatic heterocycles. The summed E-state index contributed by atoms with van der Waals surface area (Å²) < 4.78 is 30.2. The number of nitrogens with zero attached hydrogens (tertiary/aromatic N) is 5. The Morgan fingerprint density at radius 3 is 2.29 bits per heavy atom. The lowest BCUT2D eigenvalue weighted by molar-refractivity contribution is -0.133. The summed E-state index contributed by atoms with van der Waals surface area (Å²) in [5.74, 6) is -0.936. The maximum absolute atomic E-state index is 15.2. The average Bonchev–Trinajstić information content (AvgIpc) is 3.24. The van der Waals surface area contributed by atoms with Gasteiger partial charge in [0.05, 0.1) is 11.9 Å². The van der Waals surface area contributed by atoms with Crippen molar-refractivity contribution in [2.75, 3.05) is 53.2 Å². The van der Waals surface area contributed by atoms with Crippen molar-refractivity contribution < 1.29 is 28.0 Å². The highest BCUT2D eigenvalue weighted by atomic mass is 19.1. The normalized spacial score (nSPS) is 25.9. The molecule has 2 aromatic carbocycles. The van der Waals surface area contributed by atoms with Crippen LogP contribution >= 0.6 is 0 Å². The number of aromatic nitrogens is 2. The SMILES string of the molecule is O=C1CC[C@H](Nc2ccc(N3CCN(C4CCC(C(=O)NC5CCC(Nc6ncc(F)c(-c7cccc(N8CCCCC8=O)c7)n6)CC5)CC4)CC3)c(F)c2)C(=O)N1. The molecule has 0 unspecified atom stereocenters. The van der Waals surface area contributed by atoms with E-state index in [0.29, 0.717) is 61.4 Å². The smallest absolute Gasteiger partial charge is 0.249 e. The molecule has 3 saturated heterocycles. The number of piperazine rings is 1. The maximum atomic E-state index is 15.2. The summed E-state index contributed by atoms with van der Waals surface area (Å²) in [5, 5.41) is 12.1. The average molecular weight is 798 g/mol. The van der Waals surface area contributed by atoms with Crippen LogP contribution in [0.1, 0.15) is 83.5 Å². The predicted molar refractivity (Wildman–Crippen MR) is 217 cm³/mol. The minimum atomic E-state index is -0.562. The van der Waals surface area contributed by atoms with E-state index in [-0.39, 0.29) is 59.6 Å². The van der Waals surface area contributed by atoms with Crippen LogP contribution in [0.5, 0.6) is 0 Å². The summed E-state index contributed by atoms with van der Waals surface area (Å²) >= 11 is 0. The van der Waals surface area contributed by atoms with Gasteiger partial charge in [-0.1, -0.05) is 12.1 Å². The van der Waals surface area contributed by atoms with Crippen molar-refractivity contribution in [3.63, 3.8) is 0 Å². The van der Waals surface area contributed by atoms with Gasteiger partial charge < -0.3 is 25.8 Å². The number of nitrogens with one attached hydrogen (secondary N) is 4. The largest absolute Gasteiger partial charge is 0.374 e. The van der Waals surface area contributed by atoms with Crippen molar-refractivity contribution in [3.05, 3.63) is 60.3 Å². The van der Waals surface area contributed by atoms with E-state index >= 15 is 4.39 Å². The Morgan fingerprint density at radius 1 is 0.776 bits per heavy atom. The van der Waals surface area contributed by atoms with Crippen molar-refractivity contribution in [2.45, 2.75) is 108 Å². The molecular weight excluding hydrogens is 745 g/mol. The van der Waals surface area contributed by atoms with Gasteiger partial charge in [0.2, 0.25) is 29.6 Å². The van der Waals surface area contributed by atoms with E-state index in [1.807, 2.05) is 18.2 Å². The van der Waals surface area contributed by atoms with Crippen molar-refractivity contribution in [3.8, 4) is 11.3 Å². The molecular formula is C43H53F2N9O4. The van der Waals surface area contributed by atoms with Crippen molar-refractivity contribution in [1.82, 2.24) is 25.5 Å². The zero-order valence-electron chi connectivity index (χ0n) is 32.9. The monoisotopic (exact) mass is 797 g/mol. The Morgan fingerprint density at radius 2 is 1.55 bits per heavy atom. The van der Waals surface area contributed by atoms with E-state index in [0.717, 1.165) is 83.0 Å². The molecule has 0 bridgehead atoms. The summed E-state index contributed by atoms with van der Waals surface area (Å²) in [6, 6.07) is 12.3. The number of carbonyl (C=O) groups excluding carboxylic acids is 4. The van der Waals surface area contributed by atoms with E-state index < -0.39 is 11.9 Å². The van der Waals surface area contributed by atoms with Gasteiger partial charge in [0.25, 0.3) is 0 Å². The number of hydrogen-bond donors (Lipinski definition) is 4. The second-order valence-electron chi connectivity index (χ2n) is 16.5. The summed E-state index contributed by atoms with van der Waals surface area (Å²) in [4.78, 5) is 64.5. The second-order valence-corrected chi connectivity index (χ2v) is 16.5. The number of hydrogen-bond acceptors (Lipinski definition) is 10. The minimum absolute atomic E-state index is 0.00681. The zero-order chi connectivity index (χ0) is 40.2. The highest BCUT2D eigenvalue weighted by molar-refractivity contribution is 6.01. The summed E-state index contributed by atoms with van der Waals surface area (Å²) in [6.45, 7) is 3.73. The van der Waals surface area contributed by atoms with E-state index in [9.17, 15) is 23.6 Å². The van der Waals surface area contributed by atoms with Gasteiger partial charge in [-0.2, -0.15) is 0 Å². The number of imide groups is 1. The van der Waals surface area contributed by atoms with E-state index in [1.165, 1.54) is 12.3 Å². The summed E-state index contributed by atoms with van der Waals surface area (Å²) in [6.07, 6.45) is 11.2. The molecule has 0 radical (unpaired) electrons. The molecule has 4 amide bonds. The third kappa shape index (κ3) is 9.24. The van der Waals surface area contributed by atoms with Crippen LogP contribution in [0.4, 0.5) is 31.8 Å². The standard InChI is InChI=1S/C43H53F2N9O4/c44-34-25-31(47-36-16-18-38(55)50-42(36)58)13-17-37(34)53-22-20-52(21-23-53)32-14-7-27(8-15-32)41(57)48-29-9-11-30(12-10-29)49-43-46-26-35(45)40(51-43)28-4-3-5-33(24-28)54-19-2-1-6-39(54)56/h3-5,13,17,24-27,29-30,32,36,47H,1-2,6-12,14-16,18-23H2,(H,48,57)(H,46,49,51)(H,50,55,58)/t27?,29?,30?,32?,36-/m0/s1. The molecule has 0 spiro atoms.